The van der Waals surface area contributed by atoms with Crippen molar-refractivity contribution in [1.29, 1.82) is 0 Å². The maximum absolute atomic E-state index is 12.0. The molecule has 0 saturated carbocycles. The summed E-state index contributed by atoms with van der Waals surface area (Å²) in [5.74, 6) is 0.469. The number of carbonyl (C=O) groups is 1. The molecule has 20 heavy (non-hydrogen) atoms. The van der Waals surface area contributed by atoms with E-state index >= 15 is 0 Å². The van der Waals surface area contributed by atoms with Crippen LogP contribution in [0.15, 0.2) is 0 Å². The van der Waals surface area contributed by atoms with E-state index in [4.69, 9.17) is 4.74 Å². The lowest BCUT2D eigenvalue weighted by molar-refractivity contribution is 0.0286. The van der Waals surface area contributed by atoms with Crippen LogP contribution in [0.4, 0.5) is 4.79 Å². The number of hydrogen-bond acceptors (Lipinski definition) is 3. The third-order valence-corrected chi connectivity index (χ3v) is 7.91. The standard InChI is InChI=1S/C15H31NO3Si/c1-14(2,3)19-13(17)16-9-8-12(11-16)10-15(4,5)20(6,7)18/h12,18H,8-11H2,1-7H3/t12-/m0/s1. The first-order chi connectivity index (χ1) is 8.82. The second-order valence-electron chi connectivity index (χ2n) is 8.23. The van der Waals surface area contributed by atoms with Gasteiger partial charge in [0.15, 0.2) is 8.32 Å². The van der Waals surface area contributed by atoms with Crippen molar-refractivity contribution in [3.05, 3.63) is 0 Å². The van der Waals surface area contributed by atoms with E-state index < -0.39 is 13.9 Å². The van der Waals surface area contributed by atoms with Crippen molar-refractivity contribution in [2.75, 3.05) is 13.1 Å². The number of likely N-dealkylation sites (tertiary alicyclic amines) is 1. The van der Waals surface area contributed by atoms with E-state index in [1.54, 1.807) is 4.90 Å². The van der Waals surface area contributed by atoms with E-state index in [0.717, 1.165) is 25.9 Å². The molecule has 0 bridgehead atoms. The Bertz CT molecular complexity index is 355. The van der Waals surface area contributed by atoms with E-state index in [1.807, 2.05) is 33.9 Å². The Labute approximate surface area is 124 Å². The molecule has 0 radical (unpaired) electrons. The molecule has 1 N–H and O–H groups in total. The summed E-state index contributed by atoms with van der Waals surface area (Å²) < 4.78 is 5.41. The minimum Gasteiger partial charge on any atom is -0.444 e. The van der Waals surface area contributed by atoms with Crippen LogP contribution in [-0.4, -0.2) is 42.8 Å². The summed E-state index contributed by atoms with van der Waals surface area (Å²) >= 11 is 0. The molecule has 0 aliphatic carbocycles. The molecule has 1 aliphatic rings. The molecule has 5 heteroatoms. The van der Waals surface area contributed by atoms with Gasteiger partial charge < -0.3 is 14.4 Å². The van der Waals surface area contributed by atoms with Crippen LogP contribution < -0.4 is 0 Å². The zero-order valence-electron chi connectivity index (χ0n) is 14.1. The Morgan fingerprint density at radius 1 is 1.30 bits per heavy atom. The molecule has 0 spiro atoms. The summed E-state index contributed by atoms with van der Waals surface area (Å²) in [6, 6.07) is 0. The number of amides is 1. The normalized spacial score (nSPS) is 21.2. The van der Waals surface area contributed by atoms with E-state index in [0.29, 0.717) is 5.92 Å². The third kappa shape index (κ3) is 4.77. The summed E-state index contributed by atoms with van der Waals surface area (Å²) in [5, 5.41) is -0.0262. The Morgan fingerprint density at radius 2 is 1.85 bits per heavy atom. The van der Waals surface area contributed by atoms with Crippen molar-refractivity contribution in [2.45, 2.75) is 71.2 Å². The van der Waals surface area contributed by atoms with Crippen LogP contribution in [-0.2, 0) is 4.74 Å². The lowest BCUT2D eigenvalue weighted by atomic mass is 9.95. The van der Waals surface area contributed by atoms with Crippen molar-refractivity contribution < 1.29 is 14.3 Å². The van der Waals surface area contributed by atoms with Gasteiger partial charge in [-0.2, -0.15) is 0 Å². The number of rotatable bonds is 3. The molecule has 1 saturated heterocycles. The SMILES string of the molecule is CC(C)(C)OC(=O)N1CC[C@@H](CC(C)(C)[Si](C)(C)O)C1. The monoisotopic (exact) mass is 301 g/mol. The summed E-state index contributed by atoms with van der Waals surface area (Å²) in [4.78, 5) is 24.2. The van der Waals surface area contributed by atoms with E-state index in [-0.39, 0.29) is 11.1 Å². The van der Waals surface area contributed by atoms with Crippen molar-refractivity contribution in [2.24, 2.45) is 5.92 Å². The predicted octanol–water partition coefficient (Wildman–Crippen LogP) is 3.61. The zero-order chi connectivity index (χ0) is 15.8. The number of hydrogen-bond donors (Lipinski definition) is 1. The summed E-state index contributed by atoms with van der Waals surface area (Å²) in [5.41, 5.74) is -0.436. The number of carbonyl (C=O) groups excluding carboxylic acids is 1. The molecule has 1 atom stereocenters. The molecular weight excluding hydrogens is 270 g/mol. The molecule has 1 rings (SSSR count). The first kappa shape index (κ1) is 17.5. The number of ether oxygens (including phenoxy) is 1. The van der Waals surface area contributed by atoms with Gasteiger partial charge in [0.1, 0.15) is 5.60 Å². The molecule has 0 unspecified atom stereocenters. The lowest BCUT2D eigenvalue weighted by Crippen LogP contribution is -2.40. The zero-order valence-corrected chi connectivity index (χ0v) is 15.1. The maximum Gasteiger partial charge on any atom is 0.410 e. The van der Waals surface area contributed by atoms with E-state index in [9.17, 15) is 9.59 Å². The van der Waals surface area contributed by atoms with Gasteiger partial charge in [-0.05, 0) is 57.7 Å². The van der Waals surface area contributed by atoms with Crippen molar-refractivity contribution in [3.63, 3.8) is 0 Å². The van der Waals surface area contributed by atoms with E-state index in [2.05, 4.69) is 13.8 Å². The lowest BCUT2D eigenvalue weighted by Gasteiger charge is -2.37. The third-order valence-electron chi connectivity index (χ3n) is 4.39. The van der Waals surface area contributed by atoms with Crippen LogP contribution in [0.2, 0.25) is 18.1 Å². The van der Waals surface area contributed by atoms with Gasteiger partial charge in [0.25, 0.3) is 0 Å². The molecule has 0 aromatic heterocycles. The fourth-order valence-electron chi connectivity index (χ4n) is 2.46. The smallest absolute Gasteiger partial charge is 0.410 e. The first-order valence-corrected chi connectivity index (χ1v) is 10.5. The first-order valence-electron chi connectivity index (χ1n) is 7.52. The average molecular weight is 302 g/mol. The fraction of sp³-hybridized carbons (Fsp3) is 0.933. The quantitative estimate of drug-likeness (QED) is 0.810. The highest BCUT2D eigenvalue weighted by Gasteiger charge is 2.41. The second kappa shape index (κ2) is 5.68. The highest BCUT2D eigenvalue weighted by atomic mass is 28.4. The molecule has 1 fully saturated rings. The Kier molecular flexibility index (Phi) is 4.97. The average Bonchev–Trinajstić information content (AvgIpc) is 2.60. The largest absolute Gasteiger partial charge is 0.444 e. The van der Waals surface area contributed by atoms with Crippen molar-refractivity contribution >= 4 is 14.4 Å². The summed E-state index contributed by atoms with van der Waals surface area (Å²) in [6.45, 7) is 15.5. The molecule has 118 valence electrons. The van der Waals surface area contributed by atoms with Gasteiger partial charge in [-0.25, -0.2) is 4.79 Å². The molecule has 1 amide bonds. The second-order valence-corrected chi connectivity index (χ2v) is 12.7. The van der Waals surface area contributed by atoms with Gasteiger partial charge in [-0.1, -0.05) is 13.8 Å². The fourth-order valence-corrected chi connectivity index (χ4v) is 3.25. The van der Waals surface area contributed by atoms with Crippen molar-refractivity contribution in [3.8, 4) is 0 Å². The van der Waals surface area contributed by atoms with Crippen LogP contribution in [0.3, 0.4) is 0 Å². The van der Waals surface area contributed by atoms with E-state index in [1.165, 1.54) is 0 Å². The molecule has 1 aliphatic heterocycles. The molecule has 4 nitrogen and oxygen atoms in total. The van der Waals surface area contributed by atoms with Gasteiger partial charge in [-0.3, -0.25) is 0 Å². The van der Waals surface area contributed by atoms with Crippen LogP contribution >= 0.6 is 0 Å². The Hall–Kier alpha value is -0.553. The van der Waals surface area contributed by atoms with Gasteiger partial charge in [0, 0.05) is 13.1 Å². The Morgan fingerprint density at radius 3 is 2.30 bits per heavy atom. The molecule has 1 heterocycles. The van der Waals surface area contributed by atoms with Gasteiger partial charge in [0.05, 0.1) is 0 Å². The minimum absolute atomic E-state index is 0.0262. The van der Waals surface area contributed by atoms with Crippen LogP contribution in [0, 0.1) is 5.92 Å². The van der Waals surface area contributed by atoms with Crippen LogP contribution in [0.5, 0.6) is 0 Å². The van der Waals surface area contributed by atoms with Crippen LogP contribution in [0.25, 0.3) is 0 Å². The highest BCUT2D eigenvalue weighted by molar-refractivity contribution is 6.72. The van der Waals surface area contributed by atoms with Gasteiger partial charge in [0.2, 0.25) is 0 Å². The number of nitrogens with zero attached hydrogens (tertiary/aromatic N) is 1. The summed E-state index contributed by atoms with van der Waals surface area (Å²) in [7, 11) is -2.17. The minimum atomic E-state index is -2.17. The van der Waals surface area contributed by atoms with Gasteiger partial charge >= 0.3 is 6.09 Å². The molecule has 0 aromatic rings. The molecular formula is C15H31NO3Si. The maximum atomic E-state index is 12.0. The van der Waals surface area contributed by atoms with Crippen molar-refractivity contribution in [1.82, 2.24) is 4.90 Å². The topological polar surface area (TPSA) is 49.8 Å². The highest BCUT2D eigenvalue weighted by Crippen LogP contribution is 2.43. The Balaban J connectivity index is 2.54. The van der Waals surface area contributed by atoms with Crippen LogP contribution in [0.1, 0.15) is 47.5 Å². The predicted molar refractivity (Wildman–Crippen MR) is 84.3 cm³/mol. The molecule has 0 aromatic carbocycles. The summed E-state index contributed by atoms with van der Waals surface area (Å²) in [6.07, 6.45) is 1.77. The van der Waals surface area contributed by atoms with Gasteiger partial charge in [-0.15, -0.1) is 0 Å².